The highest BCUT2D eigenvalue weighted by Gasteiger charge is 2.37. The molecule has 0 atom stereocenters. The summed E-state index contributed by atoms with van der Waals surface area (Å²) in [5.41, 5.74) is 12.0. The van der Waals surface area contributed by atoms with Gasteiger partial charge < -0.3 is 4.42 Å². The Bertz CT molecular complexity index is 3100. The van der Waals surface area contributed by atoms with Crippen LogP contribution in [-0.2, 0) is 5.41 Å². The standard InChI is InChI=1S/C48H31N3OS/c1-48(2)37-22-20-30(26-36(37)43-38(48)23-24-40-44(43)35-16-6-8-17-39(35)52-40)29-13-10-14-31(25-29)46-49-45(28-11-4-3-5-12-28)50-47(51-46)32-19-21-34-33-15-7-9-18-41(33)53-42(34)27-32/h3-27H,1-2H3. The molecule has 0 aliphatic heterocycles. The van der Waals surface area contributed by atoms with Crippen LogP contribution >= 0.6 is 11.3 Å². The summed E-state index contributed by atoms with van der Waals surface area (Å²) < 4.78 is 8.84. The summed E-state index contributed by atoms with van der Waals surface area (Å²) in [7, 11) is 0. The summed E-state index contributed by atoms with van der Waals surface area (Å²) in [4.78, 5) is 15.2. The molecule has 0 bridgehead atoms. The molecule has 5 heteroatoms. The van der Waals surface area contributed by atoms with Crippen molar-refractivity contribution in [3.05, 3.63) is 163 Å². The van der Waals surface area contributed by atoms with Gasteiger partial charge in [0.15, 0.2) is 17.5 Å². The molecule has 0 N–H and O–H groups in total. The quantitative estimate of drug-likeness (QED) is 0.184. The first-order valence-corrected chi connectivity index (χ1v) is 18.7. The van der Waals surface area contributed by atoms with Crippen molar-refractivity contribution >= 4 is 53.4 Å². The molecular weight excluding hydrogens is 667 g/mol. The first-order chi connectivity index (χ1) is 26.0. The number of hydrogen-bond donors (Lipinski definition) is 0. The van der Waals surface area contributed by atoms with Crippen molar-refractivity contribution in [3.63, 3.8) is 0 Å². The molecule has 0 fully saturated rings. The minimum Gasteiger partial charge on any atom is -0.456 e. The molecule has 0 amide bonds. The third-order valence-electron chi connectivity index (χ3n) is 10.9. The van der Waals surface area contributed by atoms with Crippen molar-refractivity contribution in [3.8, 4) is 56.4 Å². The lowest BCUT2D eigenvalue weighted by molar-refractivity contribution is 0.656. The van der Waals surface area contributed by atoms with Gasteiger partial charge in [0.1, 0.15) is 11.2 Å². The summed E-state index contributed by atoms with van der Waals surface area (Å²) in [5, 5.41) is 4.87. The van der Waals surface area contributed by atoms with Crippen LogP contribution in [-0.4, -0.2) is 15.0 Å². The number of para-hydroxylation sites is 1. The smallest absolute Gasteiger partial charge is 0.164 e. The van der Waals surface area contributed by atoms with Gasteiger partial charge in [-0.25, -0.2) is 15.0 Å². The van der Waals surface area contributed by atoms with E-state index in [1.807, 2.05) is 24.3 Å². The number of fused-ring (bicyclic) bond motifs is 10. The molecule has 10 aromatic rings. The first-order valence-electron chi connectivity index (χ1n) is 17.9. The number of hydrogen-bond acceptors (Lipinski definition) is 5. The second-order valence-electron chi connectivity index (χ2n) is 14.4. The zero-order valence-electron chi connectivity index (χ0n) is 29.1. The summed E-state index contributed by atoms with van der Waals surface area (Å²) >= 11 is 1.80. The number of furan rings is 1. The van der Waals surface area contributed by atoms with Crippen LogP contribution in [0.1, 0.15) is 25.0 Å². The van der Waals surface area contributed by atoms with Crippen LogP contribution in [0.2, 0.25) is 0 Å². The lowest BCUT2D eigenvalue weighted by Gasteiger charge is -2.21. The van der Waals surface area contributed by atoms with Gasteiger partial charge in [0.2, 0.25) is 0 Å². The maximum atomic E-state index is 6.34. The van der Waals surface area contributed by atoms with Gasteiger partial charge in [-0.1, -0.05) is 129 Å². The normalized spacial score (nSPS) is 13.2. The molecule has 53 heavy (non-hydrogen) atoms. The fourth-order valence-corrected chi connectivity index (χ4v) is 9.44. The zero-order valence-corrected chi connectivity index (χ0v) is 29.9. The number of nitrogens with zero attached hydrogens (tertiary/aromatic N) is 3. The topological polar surface area (TPSA) is 51.8 Å². The fourth-order valence-electron chi connectivity index (χ4n) is 8.29. The van der Waals surface area contributed by atoms with Gasteiger partial charge in [-0.15, -0.1) is 11.3 Å². The summed E-state index contributed by atoms with van der Waals surface area (Å²) in [5.74, 6) is 1.96. The van der Waals surface area contributed by atoms with Crippen LogP contribution in [0.3, 0.4) is 0 Å². The van der Waals surface area contributed by atoms with E-state index < -0.39 is 0 Å². The Hall–Kier alpha value is -6.43. The van der Waals surface area contributed by atoms with E-state index in [4.69, 9.17) is 19.4 Å². The molecule has 1 aliphatic carbocycles. The summed E-state index contributed by atoms with van der Waals surface area (Å²) in [6, 6.07) is 53.6. The molecule has 0 saturated heterocycles. The molecule has 250 valence electrons. The average Bonchev–Trinajstić information content (AvgIpc) is 3.85. The SMILES string of the molecule is CC1(C)c2ccc(-c3cccc(-c4nc(-c5ccccc5)nc(-c5ccc6c(c5)sc5ccccc56)n4)c3)cc2-c2c1ccc1oc3ccccc3c21. The second kappa shape index (κ2) is 11.3. The van der Waals surface area contributed by atoms with Gasteiger partial charge in [-0.3, -0.25) is 0 Å². The Balaban J connectivity index is 1.05. The molecule has 3 aromatic heterocycles. The minimum absolute atomic E-state index is 0.133. The number of thiophene rings is 1. The second-order valence-corrected chi connectivity index (χ2v) is 15.5. The van der Waals surface area contributed by atoms with E-state index in [2.05, 4.69) is 141 Å². The van der Waals surface area contributed by atoms with Crippen LogP contribution in [0.5, 0.6) is 0 Å². The van der Waals surface area contributed by atoms with Crippen LogP contribution < -0.4 is 0 Å². The van der Waals surface area contributed by atoms with E-state index in [1.165, 1.54) is 47.8 Å². The molecule has 0 spiro atoms. The van der Waals surface area contributed by atoms with Crippen molar-refractivity contribution < 1.29 is 4.42 Å². The Morgan fingerprint density at radius 1 is 0.453 bits per heavy atom. The van der Waals surface area contributed by atoms with E-state index >= 15 is 0 Å². The highest BCUT2D eigenvalue weighted by molar-refractivity contribution is 7.25. The molecular formula is C48H31N3OS. The van der Waals surface area contributed by atoms with Crippen LogP contribution in [0.4, 0.5) is 0 Å². The predicted octanol–water partition coefficient (Wildman–Crippen LogP) is 13.1. The van der Waals surface area contributed by atoms with Crippen molar-refractivity contribution in [2.75, 3.05) is 0 Å². The molecule has 0 radical (unpaired) electrons. The number of benzene rings is 7. The van der Waals surface area contributed by atoms with Gasteiger partial charge in [-0.2, -0.15) is 0 Å². The number of rotatable bonds is 4. The van der Waals surface area contributed by atoms with E-state index in [0.717, 1.165) is 44.4 Å². The van der Waals surface area contributed by atoms with Gasteiger partial charge in [0, 0.05) is 53.1 Å². The molecule has 11 rings (SSSR count). The van der Waals surface area contributed by atoms with E-state index in [0.29, 0.717) is 17.5 Å². The van der Waals surface area contributed by atoms with Crippen LogP contribution in [0, 0.1) is 0 Å². The molecule has 0 unspecified atom stereocenters. The van der Waals surface area contributed by atoms with Gasteiger partial charge >= 0.3 is 0 Å². The predicted molar refractivity (Wildman–Crippen MR) is 219 cm³/mol. The zero-order chi connectivity index (χ0) is 35.3. The third-order valence-corrected chi connectivity index (χ3v) is 12.1. The van der Waals surface area contributed by atoms with Gasteiger partial charge in [0.05, 0.1) is 0 Å². The van der Waals surface area contributed by atoms with E-state index in [-0.39, 0.29) is 5.41 Å². The van der Waals surface area contributed by atoms with Gasteiger partial charge in [-0.05, 0) is 69.8 Å². The number of aromatic nitrogens is 3. The maximum absolute atomic E-state index is 6.34. The highest BCUT2D eigenvalue weighted by atomic mass is 32.1. The van der Waals surface area contributed by atoms with Crippen molar-refractivity contribution in [2.45, 2.75) is 19.3 Å². The monoisotopic (exact) mass is 697 g/mol. The maximum Gasteiger partial charge on any atom is 0.164 e. The Kier molecular flexibility index (Phi) is 6.43. The lowest BCUT2D eigenvalue weighted by atomic mass is 9.82. The molecule has 1 aliphatic rings. The Labute approximate surface area is 310 Å². The molecule has 0 saturated carbocycles. The summed E-state index contributed by atoms with van der Waals surface area (Å²) in [6.45, 7) is 4.65. The molecule has 3 heterocycles. The summed E-state index contributed by atoms with van der Waals surface area (Å²) in [6.07, 6.45) is 0. The van der Waals surface area contributed by atoms with E-state index in [9.17, 15) is 0 Å². The molecule has 4 nitrogen and oxygen atoms in total. The van der Waals surface area contributed by atoms with Gasteiger partial charge in [0.25, 0.3) is 0 Å². The van der Waals surface area contributed by atoms with Crippen LogP contribution in [0.15, 0.2) is 156 Å². The Morgan fingerprint density at radius 3 is 1.92 bits per heavy atom. The van der Waals surface area contributed by atoms with Crippen LogP contribution in [0.25, 0.3) is 98.5 Å². The minimum atomic E-state index is -0.133. The van der Waals surface area contributed by atoms with Crippen molar-refractivity contribution in [1.82, 2.24) is 15.0 Å². The van der Waals surface area contributed by atoms with Crippen molar-refractivity contribution in [2.24, 2.45) is 0 Å². The fraction of sp³-hybridized carbons (Fsp3) is 0.0625. The molecule has 7 aromatic carbocycles. The average molecular weight is 698 g/mol. The van der Waals surface area contributed by atoms with E-state index in [1.54, 1.807) is 11.3 Å². The first kappa shape index (κ1) is 30.2. The largest absolute Gasteiger partial charge is 0.456 e. The Morgan fingerprint density at radius 2 is 1.08 bits per heavy atom. The highest BCUT2D eigenvalue weighted by Crippen LogP contribution is 2.53. The lowest BCUT2D eigenvalue weighted by Crippen LogP contribution is -2.14. The van der Waals surface area contributed by atoms with Crippen molar-refractivity contribution in [1.29, 1.82) is 0 Å². The third kappa shape index (κ3) is 4.64.